The Labute approximate surface area is 141 Å². The number of urea groups is 1. The number of aromatic nitrogens is 1. The summed E-state index contributed by atoms with van der Waals surface area (Å²) in [5.74, 6) is 0. The highest BCUT2D eigenvalue weighted by Gasteiger charge is 2.20. The third kappa shape index (κ3) is 4.45. The lowest BCUT2D eigenvalue weighted by Gasteiger charge is -2.34. The van der Waals surface area contributed by atoms with Crippen molar-refractivity contribution in [3.8, 4) is 0 Å². The minimum atomic E-state index is -0.0846. The van der Waals surface area contributed by atoms with Gasteiger partial charge < -0.3 is 15.2 Å². The molecule has 0 unspecified atom stereocenters. The summed E-state index contributed by atoms with van der Waals surface area (Å²) in [6.45, 7) is 4.43. The number of nitrogens with one attached hydrogen (secondary N) is 2. The van der Waals surface area contributed by atoms with Crippen LogP contribution in [0.25, 0.3) is 0 Å². The third-order valence-corrected chi connectivity index (χ3v) is 4.20. The smallest absolute Gasteiger partial charge is 0.317 e. The van der Waals surface area contributed by atoms with Crippen LogP contribution in [-0.2, 0) is 13.1 Å². The zero-order valence-corrected chi connectivity index (χ0v) is 13.6. The maximum absolute atomic E-state index is 12.2. The molecule has 6 heteroatoms. The Bertz CT molecular complexity index is 701. The topological polar surface area (TPSA) is 68.4 Å². The first-order chi connectivity index (χ1) is 11.7. The molecular formula is C18H22N4O2. The largest absolute Gasteiger partial charge is 0.334 e. The van der Waals surface area contributed by atoms with Crippen LogP contribution >= 0.6 is 0 Å². The number of aromatic amines is 1. The normalized spacial score (nSPS) is 15.2. The van der Waals surface area contributed by atoms with Crippen molar-refractivity contribution in [2.75, 3.05) is 26.2 Å². The van der Waals surface area contributed by atoms with Crippen molar-refractivity contribution in [3.05, 3.63) is 70.1 Å². The molecule has 2 N–H and O–H groups in total. The summed E-state index contributed by atoms with van der Waals surface area (Å²) in [6, 6.07) is 13.3. The van der Waals surface area contributed by atoms with Gasteiger partial charge in [-0.25, -0.2) is 4.79 Å². The Balaban J connectivity index is 1.43. The van der Waals surface area contributed by atoms with Gasteiger partial charge in [0.05, 0.1) is 0 Å². The molecule has 6 nitrogen and oxygen atoms in total. The van der Waals surface area contributed by atoms with Crippen LogP contribution in [0.15, 0.2) is 53.5 Å². The molecule has 3 rings (SSSR count). The molecule has 2 heterocycles. The highest BCUT2D eigenvalue weighted by atomic mass is 16.2. The van der Waals surface area contributed by atoms with Crippen LogP contribution in [0, 0.1) is 0 Å². The molecule has 1 fully saturated rings. The lowest BCUT2D eigenvalue weighted by atomic mass is 10.2. The van der Waals surface area contributed by atoms with Crippen molar-refractivity contribution in [3.63, 3.8) is 0 Å². The first kappa shape index (κ1) is 16.3. The second-order valence-electron chi connectivity index (χ2n) is 5.97. The van der Waals surface area contributed by atoms with Crippen LogP contribution < -0.4 is 10.9 Å². The molecule has 24 heavy (non-hydrogen) atoms. The molecule has 1 aliphatic heterocycles. The molecule has 126 valence electrons. The molecule has 1 aliphatic rings. The van der Waals surface area contributed by atoms with E-state index in [1.807, 2.05) is 41.3 Å². The van der Waals surface area contributed by atoms with Crippen LogP contribution in [0.1, 0.15) is 11.1 Å². The number of carbonyl (C=O) groups excluding carboxylic acids is 1. The minimum absolute atomic E-state index is 0.0115. The highest BCUT2D eigenvalue weighted by molar-refractivity contribution is 5.74. The van der Waals surface area contributed by atoms with Gasteiger partial charge in [0.2, 0.25) is 5.56 Å². The fourth-order valence-corrected chi connectivity index (χ4v) is 2.79. The van der Waals surface area contributed by atoms with Crippen LogP contribution in [0.3, 0.4) is 0 Å². The maximum atomic E-state index is 12.2. The molecule has 0 saturated carbocycles. The van der Waals surface area contributed by atoms with E-state index in [-0.39, 0.29) is 11.6 Å². The molecule has 1 aromatic carbocycles. The Hall–Kier alpha value is -2.60. The average Bonchev–Trinajstić information content (AvgIpc) is 2.63. The first-order valence-corrected chi connectivity index (χ1v) is 8.17. The molecule has 1 aromatic heterocycles. The molecule has 0 radical (unpaired) electrons. The predicted octanol–water partition coefficient (Wildman–Crippen LogP) is 1.40. The minimum Gasteiger partial charge on any atom is -0.334 e. The summed E-state index contributed by atoms with van der Waals surface area (Å²) in [5, 5.41) is 2.97. The number of piperazine rings is 1. The van der Waals surface area contributed by atoms with Crippen molar-refractivity contribution < 1.29 is 4.79 Å². The zero-order chi connectivity index (χ0) is 16.8. The van der Waals surface area contributed by atoms with E-state index in [2.05, 4.69) is 15.2 Å². The second kappa shape index (κ2) is 7.79. The Morgan fingerprint density at radius 3 is 2.42 bits per heavy atom. The van der Waals surface area contributed by atoms with Crippen LogP contribution in [0.5, 0.6) is 0 Å². The molecule has 0 spiro atoms. The van der Waals surface area contributed by atoms with Gasteiger partial charge in [-0.15, -0.1) is 0 Å². The fourth-order valence-electron chi connectivity index (χ4n) is 2.79. The lowest BCUT2D eigenvalue weighted by Crippen LogP contribution is -2.51. The Morgan fingerprint density at radius 1 is 1.00 bits per heavy atom. The number of nitrogens with zero attached hydrogens (tertiary/aromatic N) is 2. The molecular weight excluding hydrogens is 304 g/mol. The average molecular weight is 326 g/mol. The number of amides is 2. The van der Waals surface area contributed by atoms with Gasteiger partial charge in [0.25, 0.3) is 0 Å². The lowest BCUT2D eigenvalue weighted by molar-refractivity contribution is 0.135. The van der Waals surface area contributed by atoms with Crippen LogP contribution in [-0.4, -0.2) is 47.0 Å². The standard InChI is InChI=1S/C18H22N4O2/c23-17-7-6-16(13-19-17)14-21-8-10-22(11-9-21)18(24)20-12-15-4-2-1-3-5-15/h1-7,13H,8-12,14H2,(H,19,23)(H,20,24). The number of benzene rings is 1. The summed E-state index contributed by atoms with van der Waals surface area (Å²) in [7, 11) is 0. The number of H-pyrrole nitrogens is 1. The summed E-state index contributed by atoms with van der Waals surface area (Å²) < 4.78 is 0. The van der Waals surface area contributed by atoms with Gasteiger partial charge in [0.15, 0.2) is 0 Å². The van der Waals surface area contributed by atoms with E-state index < -0.39 is 0 Å². The van der Waals surface area contributed by atoms with E-state index in [1.54, 1.807) is 12.3 Å². The van der Waals surface area contributed by atoms with Gasteiger partial charge in [-0.05, 0) is 11.1 Å². The summed E-state index contributed by atoms with van der Waals surface area (Å²) >= 11 is 0. The van der Waals surface area contributed by atoms with E-state index in [4.69, 9.17) is 0 Å². The van der Waals surface area contributed by atoms with E-state index in [1.165, 1.54) is 0 Å². The number of rotatable bonds is 4. The number of pyridine rings is 1. The van der Waals surface area contributed by atoms with Crippen molar-refractivity contribution in [1.82, 2.24) is 20.1 Å². The second-order valence-corrected chi connectivity index (χ2v) is 5.97. The van der Waals surface area contributed by atoms with Gasteiger partial charge in [-0.3, -0.25) is 9.69 Å². The molecule has 0 atom stereocenters. The highest BCUT2D eigenvalue weighted by Crippen LogP contribution is 2.07. The maximum Gasteiger partial charge on any atom is 0.317 e. The van der Waals surface area contributed by atoms with Gasteiger partial charge in [-0.2, -0.15) is 0 Å². The molecule has 0 aliphatic carbocycles. The molecule has 2 aromatic rings. The SMILES string of the molecule is O=C(NCc1ccccc1)N1CCN(Cc2ccc(=O)[nH]c2)CC1. The Kier molecular flexibility index (Phi) is 5.28. The van der Waals surface area contributed by atoms with E-state index >= 15 is 0 Å². The van der Waals surface area contributed by atoms with Crippen molar-refractivity contribution >= 4 is 6.03 Å². The van der Waals surface area contributed by atoms with Gasteiger partial charge in [-0.1, -0.05) is 36.4 Å². The van der Waals surface area contributed by atoms with Gasteiger partial charge in [0.1, 0.15) is 0 Å². The van der Waals surface area contributed by atoms with E-state index in [0.29, 0.717) is 19.6 Å². The summed E-state index contributed by atoms with van der Waals surface area (Å²) in [6.07, 6.45) is 1.75. The number of hydrogen-bond donors (Lipinski definition) is 2. The quantitative estimate of drug-likeness (QED) is 0.892. The van der Waals surface area contributed by atoms with E-state index in [0.717, 1.165) is 30.8 Å². The van der Waals surface area contributed by atoms with E-state index in [9.17, 15) is 9.59 Å². The van der Waals surface area contributed by atoms with Crippen LogP contribution in [0.4, 0.5) is 4.79 Å². The summed E-state index contributed by atoms with van der Waals surface area (Å²) in [5.41, 5.74) is 2.10. The number of carbonyl (C=O) groups is 1. The number of hydrogen-bond acceptors (Lipinski definition) is 3. The fraction of sp³-hybridized carbons (Fsp3) is 0.333. The monoisotopic (exact) mass is 326 g/mol. The van der Waals surface area contributed by atoms with Crippen LogP contribution in [0.2, 0.25) is 0 Å². The van der Waals surface area contributed by atoms with Gasteiger partial charge in [0, 0.05) is 51.5 Å². The third-order valence-electron chi connectivity index (χ3n) is 4.20. The van der Waals surface area contributed by atoms with Crippen molar-refractivity contribution in [1.29, 1.82) is 0 Å². The summed E-state index contributed by atoms with van der Waals surface area (Å²) in [4.78, 5) is 30.1. The Morgan fingerprint density at radius 2 is 1.75 bits per heavy atom. The molecule has 2 amide bonds. The molecule has 0 bridgehead atoms. The molecule has 1 saturated heterocycles. The zero-order valence-electron chi connectivity index (χ0n) is 13.6. The first-order valence-electron chi connectivity index (χ1n) is 8.17. The van der Waals surface area contributed by atoms with Crippen molar-refractivity contribution in [2.24, 2.45) is 0 Å². The van der Waals surface area contributed by atoms with Crippen molar-refractivity contribution in [2.45, 2.75) is 13.1 Å². The van der Waals surface area contributed by atoms with Gasteiger partial charge >= 0.3 is 6.03 Å². The predicted molar refractivity (Wildman–Crippen MR) is 92.6 cm³/mol.